The lowest BCUT2D eigenvalue weighted by Crippen LogP contribution is -2.38. The molecular weight excluding hydrogens is 560 g/mol. The third-order valence-corrected chi connectivity index (χ3v) is 8.74. The number of thioether (sulfide) groups is 1. The Morgan fingerprint density at radius 3 is 2.07 bits per heavy atom. The Hall–Kier alpha value is -3.82. The minimum absolute atomic E-state index is 0.00115. The minimum atomic E-state index is -0.557. The van der Waals surface area contributed by atoms with E-state index in [1.54, 1.807) is 18.9 Å². The van der Waals surface area contributed by atoms with Crippen LogP contribution in [0.5, 0.6) is 5.75 Å². The number of carbonyl (C=O) groups excluding carboxylic acids is 1. The number of methoxy groups -OCH3 is 1. The van der Waals surface area contributed by atoms with E-state index in [0.717, 1.165) is 44.2 Å². The summed E-state index contributed by atoms with van der Waals surface area (Å²) in [4.78, 5) is 13.4. The van der Waals surface area contributed by atoms with Crippen molar-refractivity contribution < 1.29 is 24.1 Å². The van der Waals surface area contributed by atoms with Gasteiger partial charge in [-0.2, -0.15) is 0 Å². The van der Waals surface area contributed by atoms with Gasteiger partial charge in [-0.3, -0.25) is 0 Å². The first-order valence-corrected chi connectivity index (χ1v) is 15.4. The van der Waals surface area contributed by atoms with Crippen LogP contribution in [0.15, 0.2) is 108 Å². The summed E-state index contributed by atoms with van der Waals surface area (Å²) in [6.45, 7) is 3.04. The number of rotatable bonds is 11. The van der Waals surface area contributed by atoms with Gasteiger partial charge in [0.05, 0.1) is 25.9 Å². The number of ether oxygens (including phenoxy) is 3. The molecule has 4 aromatic rings. The topological polar surface area (TPSA) is 89.1 Å². The van der Waals surface area contributed by atoms with E-state index in [0.29, 0.717) is 13.1 Å². The van der Waals surface area contributed by atoms with E-state index >= 15 is 0 Å². The van der Waals surface area contributed by atoms with E-state index in [2.05, 4.69) is 23.6 Å². The van der Waals surface area contributed by atoms with Crippen molar-refractivity contribution >= 4 is 17.8 Å². The minimum Gasteiger partial charge on any atom is -0.496 e. The van der Waals surface area contributed by atoms with Crippen LogP contribution in [0.25, 0.3) is 0 Å². The number of aliphatic hydroxyl groups is 1. The van der Waals surface area contributed by atoms with Crippen LogP contribution in [-0.4, -0.2) is 30.1 Å². The van der Waals surface area contributed by atoms with Crippen LogP contribution in [0.2, 0.25) is 0 Å². The van der Waals surface area contributed by atoms with E-state index in [1.165, 1.54) is 0 Å². The predicted molar refractivity (Wildman–Crippen MR) is 169 cm³/mol. The van der Waals surface area contributed by atoms with E-state index in [4.69, 9.17) is 14.2 Å². The molecule has 1 saturated heterocycles. The molecule has 8 heteroatoms. The maximum absolute atomic E-state index is 12.3. The molecule has 4 atom stereocenters. The van der Waals surface area contributed by atoms with Gasteiger partial charge in [0.25, 0.3) is 0 Å². The smallest absolute Gasteiger partial charge is 0.315 e. The molecule has 224 valence electrons. The summed E-state index contributed by atoms with van der Waals surface area (Å²) in [7, 11) is 1.69. The molecule has 43 heavy (non-hydrogen) atoms. The molecule has 0 radical (unpaired) electrons. The first-order chi connectivity index (χ1) is 21.0. The molecule has 3 N–H and O–H groups in total. The van der Waals surface area contributed by atoms with Crippen molar-refractivity contribution in [1.29, 1.82) is 0 Å². The standard InChI is InChI=1S/C35H38N2O5S/c1-24-31(23-43-32-11-7-6-10-30(32)40-2)41-34(42-33(24)28-16-14-27(22-38)15-17-28)29-18-12-26(13-19-29)21-37-35(39)36-20-25-8-4-3-5-9-25/h3-19,24,31,33-34,38H,20-23H2,1-2H3,(H2,36,37,39). The Labute approximate surface area is 257 Å². The van der Waals surface area contributed by atoms with Crippen LogP contribution in [0.3, 0.4) is 0 Å². The summed E-state index contributed by atoms with van der Waals surface area (Å²) >= 11 is 1.71. The highest BCUT2D eigenvalue weighted by Gasteiger charge is 2.38. The molecule has 1 fully saturated rings. The van der Waals surface area contributed by atoms with Gasteiger partial charge >= 0.3 is 6.03 Å². The Morgan fingerprint density at radius 1 is 0.791 bits per heavy atom. The fourth-order valence-electron chi connectivity index (χ4n) is 5.04. The number of para-hydroxylation sites is 1. The molecule has 1 heterocycles. The summed E-state index contributed by atoms with van der Waals surface area (Å²) in [6, 6.07) is 33.5. The van der Waals surface area contributed by atoms with Crippen molar-refractivity contribution in [3.8, 4) is 5.75 Å². The van der Waals surface area contributed by atoms with Crippen LogP contribution in [0.1, 0.15) is 47.1 Å². The highest BCUT2D eigenvalue weighted by Crippen LogP contribution is 2.43. The van der Waals surface area contributed by atoms with E-state index in [1.807, 2.05) is 97.1 Å². The molecule has 1 aliphatic rings. The summed E-state index contributed by atoms with van der Waals surface area (Å²) < 4.78 is 18.7. The Morgan fingerprint density at radius 2 is 1.40 bits per heavy atom. The molecule has 1 aliphatic heterocycles. The maximum atomic E-state index is 12.3. The molecule has 0 spiro atoms. The van der Waals surface area contributed by atoms with Crippen LogP contribution in [0.4, 0.5) is 4.79 Å². The normalized spacial score (nSPS) is 19.9. The number of amides is 2. The molecule has 2 amide bonds. The molecule has 0 aromatic heterocycles. The molecular formula is C35H38N2O5S. The lowest BCUT2D eigenvalue weighted by molar-refractivity contribution is -0.268. The van der Waals surface area contributed by atoms with E-state index < -0.39 is 6.29 Å². The average molecular weight is 599 g/mol. The van der Waals surface area contributed by atoms with Crippen molar-refractivity contribution in [2.45, 2.75) is 50.0 Å². The SMILES string of the molecule is COc1ccccc1SCC1OC(c2ccc(CNC(=O)NCc3ccccc3)cc2)OC(c2ccc(CO)cc2)C1C. The predicted octanol–water partition coefficient (Wildman–Crippen LogP) is 6.77. The van der Waals surface area contributed by atoms with Gasteiger partial charge in [-0.25, -0.2) is 4.79 Å². The highest BCUT2D eigenvalue weighted by molar-refractivity contribution is 7.99. The third kappa shape index (κ3) is 8.18. The summed E-state index contributed by atoms with van der Waals surface area (Å²) in [5, 5.41) is 15.3. The number of carbonyl (C=O) groups is 1. The first-order valence-electron chi connectivity index (χ1n) is 14.4. The third-order valence-electron chi connectivity index (χ3n) is 7.60. The molecule has 7 nitrogen and oxygen atoms in total. The first kappa shape index (κ1) is 30.6. The second-order valence-electron chi connectivity index (χ2n) is 10.5. The van der Waals surface area contributed by atoms with Crippen molar-refractivity contribution in [1.82, 2.24) is 10.6 Å². The quantitative estimate of drug-likeness (QED) is 0.165. The number of urea groups is 1. The number of hydrogen-bond donors (Lipinski definition) is 3. The highest BCUT2D eigenvalue weighted by atomic mass is 32.2. The van der Waals surface area contributed by atoms with Gasteiger partial charge < -0.3 is 30.0 Å². The van der Waals surface area contributed by atoms with Gasteiger partial charge in [-0.05, 0) is 34.4 Å². The monoisotopic (exact) mass is 598 g/mol. The molecule has 0 aliphatic carbocycles. The average Bonchev–Trinajstić information content (AvgIpc) is 3.07. The summed E-state index contributed by atoms with van der Waals surface area (Å²) in [5.41, 5.74) is 4.84. The molecule has 5 rings (SSSR count). The van der Waals surface area contributed by atoms with Crippen LogP contribution < -0.4 is 15.4 Å². The number of aliphatic hydroxyl groups excluding tert-OH is 1. The van der Waals surface area contributed by atoms with Gasteiger partial charge in [-0.15, -0.1) is 11.8 Å². The van der Waals surface area contributed by atoms with Gasteiger partial charge in [-0.1, -0.05) is 97.9 Å². The van der Waals surface area contributed by atoms with Crippen LogP contribution in [0, 0.1) is 5.92 Å². The molecule has 0 bridgehead atoms. The summed E-state index contributed by atoms with van der Waals surface area (Å²) in [6.07, 6.45) is -0.839. The number of nitrogens with one attached hydrogen (secondary N) is 2. The zero-order valence-electron chi connectivity index (χ0n) is 24.4. The van der Waals surface area contributed by atoms with Crippen molar-refractivity contribution in [3.63, 3.8) is 0 Å². The van der Waals surface area contributed by atoms with Gasteiger partial charge in [0, 0.05) is 35.2 Å². The largest absolute Gasteiger partial charge is 0.496 e. The Bertz CT molecular complexity index is 1450. The zero-order valence-corrected chi connectivity index (χ0v) is 25.3. The lowest BCUT2D eigenvalue weighted by Gasteiger charge is -2.41. The number of benzene rings is 4. The Balaban J connectivity index is 1.26. The van der Waals surface area contributed by atoms with Crippen LogP contribution >= 0.6 is 11.8 Å². The second kappa shape index (κ2) is 15.1. The van der Waals surface area contributed by atoms with Gasteiger partial charge in [0.2, 0.25) is 0 Å². The van der Waals surface area contributed by atoms with E-state index in [-0.39, 0.29) is 30.8 Å². The van der Waals surface area contributed by atoms with Crippen molar-refractivity contribution in [2.75, 3.05) is 12.9 Å². The van der Waals surface area contributed by atoms with Gasteiger partial charge in [0.1, 0.15) is 5.75 Å². The van der Waals surface area contributed by atoms with Gasteiger partial charge in [0.15, 0.2) is 6.29 Å². The zero-order chi connectivity index (χ0) is 30.0. The van der Waals surface area contributed by atoms with Crippen LogP contribution in [-0.2, 0) is 29.2 Å². The number of hydrogen-bond acceptors (Lipinski definition) is 6. The van der Waals surface area contributed by atoms with E-state index in [9.17, 15) is 9.90 Å². The van der Waals surface area contributed by atoms with Crippen molar-refractivity contribution in [2.24, 2.45) is 5.92 Å². The fraction of sp³-hybridized carbons (Fsp3) is 0.286. The maximum Gasteiger partial charge on any atom is 0.315 e. The Kier molecular flexibility index (Phi) is 10.7. The summed E-state index contributed by atoms with van der Waals surface area (Å²) in [5.74, 6) is 1.65. The fourth-order valence-corrected chi connectivity index (χ4v) is 6.23. The molecule has 4 aromatic carbocycles. The lowest BCUT2D eigenvalue weighted by atomic mass is 9.91. The van der Waals surface area contributed by atoms with Crippen molar-refractivity contribution in [3.05, 3.63) is 131 Å². The second-order valence-corrected chi connectivity index (χ2v) is 11.6. The molecule has 4 unspecified atom stereocenters. The molecule has 0 saturated carbocycles.